The van der Waals surface area contributed by atoms with Gasteiger partial charge in [0, 0.05) is 11.8 Å². The lowest BCUT2D eigenvalue weighted by Crippen LogP contribution is -2.67. The second kappa shape index (κ2) is 7.45. The molecule has 0 aromatic rings. The number of rotatable bonds is 4. The zero-order chi connectivity index (χ0) is 22.1. The van der Waals surface area contributed by atoms with Crippen LogP contribution < -0.4 is 0 Å². The molecular weight excluding hydrogens is 380 g/mol. The van der Waals surface area contributed by atoms with E-state index in [2.05, 4.69) is 27.7 Å². The molecule has 5 nitrogen and oxygen atoms in total. The molecular formula is C25H42O5. The third kappa shape index (κ3) is 3.02. The van der Waals surface area contributed by atoms with Crippen LogP contribution in [0.3, 0.4) is 0 Å². The van der Waals surface area contributed by atoms with Crippen LogP contribution in [-0.4, -0.2) is 44.7 Å². The maximum atomic E-state index is 11.6. The third-order valence-corrected chi connectivity index (χ3v) is 11.0. The fourth-order valence-electron chi connectivity index (χ4n) is 9.30. The maximum Gasteiger partial charge on any atom is 0.303 e. The van der Waals surface area contributed by atoms with Gasteiger partial charge in [-0.05, 0) is 91.8 Å². The van der Waals surface area contributed by atoms with E-state index >= 15 is 0 Å². The first-order chi connectivity index (χ1) is 14.0. The van der Waals surface area contributed by atoms with E-state index in [4.69, 9.17) is 5.11 Å². The lowest BCUT2D eigenvalue weighted by Gasteiger charge is -2.68. The fourth-order valence-corrected chi connectivity index (χ4v) is 9.30. The molecule has 0 aromatic carbocycles. The number of hydrogen-bond acceptors (Lipinski definition) is 4. The Labute approximate surface area is 181 Å². The molecule has 4 saturated carbocycles. The number of hydrogen-bond donors (Lipinski definition) is 4. The van der Waals surface area contributed by atoms with Crippen LogP contribution in [0, 0.1) is 45.8 Å². The number of carboxylic acids is 1. The van der Waals surface area contributed by atoms with Crippen LogP contribution in [0.4, 0.5) is 0 Å². The van der Waals surface area contributed by atoms with E-state index in [-0.39, 0.29) is 46.5 Å². The van der Waals surface area contributed by atoms with Crippen LogP contribution in [0.2, 0.25) is 0 Å². The van der Waals surface area contributed by atoms with E-state index in [0.29, 0.717) is 24.7 Å². The van der Waals surface area contributed by atoms with Gasteiger partial charge in [0.1, 0.15) is 0 Å². The van der Waals surface area contributed by atoms with E-state index in [1.54, 1.807) is 0 Å². The van der Waals surface area contributed by atoms with Crippen molar-refractivity contribution < 1.29 is 25.2 Å². The molecule has 4 aliphatic carbocycles. The van der Waals surface area contributed by atoms with Crippen LogP contribution in [0.1, 0.15) is 85.5 Å². The Morgan fingerprint density at radius 3 is 2.27 bits per heavy atom. The standard InChI is InChI=1S/C25H42O5/c1-14(5-8-22(29)30)17-6-7-18-24(17,3)21(28)13-19-23(2)10-9-16(26)11-15(23)12-20(27)25(18,19)4/h14-21,26-28H,5-13H2,1-4H3,(H,29,30)/t14-,15+,16-,17?,18-,19-,20-,21+,23+,24-,25+/m1/s1. The van der Waals surface area contributed by atoms with Gasteiger partial charge in [-0.1, -0.05) is 27.7 Å². The molecule has 0 amide bonds. The average molecular weight is 423 g/mol. The second-order valence-electron chi connectivity index (χ2n) is 12.1. The molecule has 172 valence electrons. The fraction of sp³-hybridized carbons (Fsp3) is 0.960. The summed E-state index contributed by atoms with van der Waals surface area (Å²) in [6.07, 6.45) is 5.78. The van der Waals surface area contributed by atoms with Crippen molar-refractivity contribution in [1.29, 1.82) is 0 Å². The van der Waals surface area contributed by atoms with Gasteiger partial charge < -0.3 is 20.4 Å². The topological polar surface area (TPSA) is 98.0 Å². The summed E-state index contributed by atoms with van der Waals surface area (Å²) in [7, 11) is 0. The minimum atomic E-state index is -0.751. The predicted octanol–water partition coefficient (Wildman–Crippen LogP) is 3.84. The molecule has 4 aliphatic rings. The summed E-state index contributed by atoms with van der Waals surface area (Å²) in [5.41, 5.74) is -0.452. The van der Waals surface area contributed by atoms with Gasteiger partial charge in [-0.2, -0.15) is 0 Å². The van der Waals surface area contributed by atoms with Gasteiger partial charge in [0.2, 0.25) is 0 Å². The molecule has 4 fully saturated rings. The number of carbonyl (C=O) groups is 1. The quantitative estimate of drug-likeness (QED) is 0.552. The highest BCUT2D eigenvalue weighted by Gasteiger charge is 2.70. The van der Waals surface area contributed by atoms with Crippen molar-refractivity contribution in [1.82, 2.24) is 0 Å². The van der Waals surface area contributed by atoms with E-state index in [0.717, 1.165) is 38.5 Å². The number of fused-ring (bicyclic) bond motifs is 5. The van der Waals surface area contributed by atoms with Gasteiger partial charge in [0.15, 0.2) is 0 Å². The zero-order valence-corrected chi connectivity index (χ0v) is 19.2. The summed E-state index contributed by atoms with van der Waals surface area (Å²) < 4.78 is 0. The van der Waals surface area contributed by atoms with E-state index < -0.39 is 18.2 Å². The summed E-state index contributed by atoms with van der Waals surface area (Å²) in [5.74, 6) is 0.611. The first-order valence-corrected chi connectivity index (χ1v) is 12.2. The lowest BCUT2D eigenvalue weighted by molar-refractivity contribution is -0.251. The van der Waals surface area contributed by atoms with Crippen LogP contribution >= 0.6 is 0 Å². The molecule has 0 heterocycles. The van der Waals surface area contributed by atoms with Gasteiger partial charge in [-0.25, -0.2) is 0 Å². The molecule has 30 heavy (non-hydrogen) atoms. The Morgan fingerprint density at radius 1 is 0.933 bits per heavy atom. The van der Waals surface area contributed by atoms with Crippen LogP contribution in [0.15, 0.2) is 0 Å². The lowest BCUT2D eigenvalue weighted by atomic mass is 9.38. The number of aliphatic hydroxyl groups is 3. The molecule has 0 aliphatic heterocycles. The molecule has 0 bridgehead atoms. The molecule has 5 heteroatoms. The smallest absolute Gasteiger partial charge is 0.303 e. The predicted molar refractivity (Wildman–Crippen MR) is 115 cm³/mol. The summed E-state index contributed by atoms with van der Waals surface area (Å²) in [5, 5.41) is 42.5. The monoisotopic (exact) mass is 422 g/mol. The largest absolute Gasteiger partial charge is 0.481 e. The maximum absolute atomic E-state index is 11.6. The van der Waals surface area contributed by atoms with Gasteiger partial charge in [0.05, 0.1) is 18.3 Å². The Balaban J connectivity index is 1.67. The molecule has 0 saturated heterocycles. The second-order valence-corrected chi connectivity index (χ2v) is 12.1. The summed E-state index contributed by atoms with van der Waals surface area (Å²) in [6, 6.07) is 0. The van der Waals surface area contributed by atoms with E-state index in [1.165, 1.54) is 0 Å². The number of aliphatic carboxylic acids is 1. The molecule has 0 spiro atoms. The van der Waals surface area contributed by atoms with E-state index in [9.17, 15) is 20.1 Å². The highest BCUT2D eigenvalue weighted by Crippen LogP contribution is 2.72. The highest BCUT2D eigenvalue weighted by molar-refractivity contribution is 5.66. The van der Waals surface area contributed by atoms with Crippen LogP contribution in [0.5, 0.6) is 0 Å². The minimum absolute atomic E-state index is 0.0581. The SMILES string of the molecule is C[C@H](CCC(=O)O)C1CC[C@@H]2[C@]1(C)[C@@H](O)C[C@@H]1[C@@]3(C)CC[C@@H](O)C[C@H]3C[C@@H](O)[C@]12C. The molecule has 4 N–H and O–H groups in total. The molecule has 4 rings (SSSR count). The first-order valence-electron chi connectivity index (χ1n) is 12.2. The molecule has 0 radical (unpaired) electrons. The summed E-state index contributed by atoms with van der Waals surface area (Å²) >= 11 is 0. The molecule has 0 aromatic heterocycles. The average Bonchev–Trinajstić information content (AvgIpc) is 3.04. The number of aliphatic hydroxyl groups excluding tert-OH is 3. The van der Waals surface area contributed by atoms with Crippen molar-refractivity contribution in [3.8, 4) is 0 Å². The first kappa shape index (κ1) is 22.5. The Morgan fingerprint density at radius 2 is 1.60 bits per heavy atom. The van der Waals surface area contributed by atoms with E-state index in [1.807, 2.05) is 0 Å². The van der Waals surface area contributed by atoms with Crippen molar-refractivity contribution in [2.75, 3.05) is 0 Å². The minimum Gasteiger partial charge on any atom is -0.481 e. The third-order valence-electron chi connectivity index (χ3n) is 11.0. The van der Waals surface area contributed by atoms with Gasteiger partial charge >= 0.3 is 5.97 Å². The van der Waals surface area contributed by atoms with Crippen molar-refractivity contribution in [3.05, 3.63) is 0 Å². The van der Waals surface area contributed by atoms with Gasteiger partial charge in [0.25, 0.3) is 0 Å². The normalized spacial score (nSPS) is 54.0. The number of carboxylic acid groups (broad SMARTS) is 1. The molecule has 11 atom stereocenters. The Hall–Kier alpha value is -0.650. The highest BCUT2D eigenvalue weighted by atomic mass is 16.4. The Bertz CT molecular complexity index is 680. The van der Waals surface area contributed by atoms with Crippen molar-refractivity contribution >= 4 is 5.97 Å². The van der Waals surface area contributed by atoms with Crippen molar-refractivity contribution in [2.45, 2.75) is 104 Å². The van der Waals surface area contributed by atoms with Gasteiger partial charge in [-0.15, -0.1) is 0 Å². The molecule has 1 unspecified atom stereocenters. The van der Waals surface area contributed by atoms with Crippen molar-refractivity contribution in [3.63, 3.8) is 0 Å². The van der Waals surface area contributed by atoms with Crippen LogP contribution in [0.25, 0.3) is 0 Å². The summed E-state index contributed by atoms with van der Waals surface area (Å²) in [4.78, 5) is 11.1. The van der Waals surface area contributed by atoms with Gasteiger partial charge in [-0.3, -0.25) is 4.79 Å². The van der Waals surface area contributed by atoms with Crippen LogP contribution in [-0.2, 0) is 4.79 Å². The Kier molecular flexibility index (Phi) is 5.60. The summed E-state index contributed by atoms with van der Waals surface area (Å²) in [6.45, 7) is 9.02. The van der Waals surface area contributed by atoms with Crippen molar-refractivity contribution in [2.24, 2.45) is 45.8 Å². The zero-order valence-electron chi connectivity index (χ0n) is 19.2.